The molecule has 0 aliphatic rings. The van der Waals surface area contributed by atoms with Gasteiger partial charge in [0.1, 0.15) is 5.82 Å². The summed E-state index contributed by atoms with van der Waals surface area (Å²) >= 11 is 1.85. The van der Waals surface area contributed by atoms with Crippen molar-refractivity contribution in [3.63, 3.8) is 0 Å². The van der Waals surface area contributed by atoms with E-state index in [2.05, 4.69) is 30.3 Å². The third kappa shape index (κ3) is 4.13. The van der Waals surface area contributed by atoms with Gasteiger partial charge in [0.15, 0.2) is 0 Å². The summed E-state index contributed by atoms with van der Waals surface area (Å²) in [5.41, 5.74) is 2.52. The number of halogens is 1. The number of hydrogen-bond donors (Lipinski definition) is 1. The van der Waals surface area contributed by atoms with E-state index < -0.39 is 0 Å². The van der Waals surface area contributed by atoms with Gasteiger partial charge in [0.05, 0.1) is 0 Å². The predicted octanol–water partition coefficient (Wildman–Crippen LogP) is 3.55. The van der Waals surface area contributed by atoms with Gasteiger partial charge in [-0.2, -0.15) is 0 Å². The van der Waals surface area contributed by atoms with Crippen LogP contribution in [0, 0.1) is 12.7 Å². The largest absolute Gasteiger partial charge is 0.315 e. The summed E-state index contributed by atoms with van der Waals surface area (Å²) in [5, 5.41) is 3.18. The summed E-state index contributed by atoms with van der Waals surface area (Å²) in [6.45, 7) is 4.85. The molecule has 0 unspecified atom stereocenters. The molecule has 0 atom stereocenters. The van der Waals surface area contributed by atoms with E-state index in [4.69, 9.17) is 0 Å². The van der Waals surface area contributed by atoms with Crippen LogP contribution in [0.2, 0.25) is 0 Å². The second-order valence-corrected chi connectivity index (χ2v) is 6.46. The Kier molecular flexibility index (Phi) is 5.29. The lowest BCUT2D eigenvalue weighted by molar-refractivity contribution is 0.318. The predicted molar refractivity (Wildman–Crippen MR) is 83.4 cm³/mol. The fraction of sp³-hybridized carbons (Fsp3) is 0.375. The van der Waals surface area contributed by atoms with Crippen molar-refractivity contribution in [3.8, 4) is 0 Å². The summed E-state index contributed by atoms with van der Waals surface area (Å²) in [5.74, 6) is -0.179. The van der Waals surface area contributed by atoms with Crippen LogP contribution in [0.5, 0.6) is 0 Å². The maximum atomic E-state index is 12.9. The SMILES string of the molecule is CNCc1cc(CN(C)Cc2ccc(F)cc2)c(C)s1. The van der Waals surface area contributed by atoms with Crippen LogP contribution in [0.1, 0.15) is 20.9 Å². The van der Waals surface area contributed by atoms with E-state index in [9.17, 15) is 4.39 Å². The van der Waals surface area contributed by atoms with Crippen LogP contribution >= 0.6 is 11.3 Å². The molecule has 1 N–H and O–H groups in total. The molecule has 1 aromatic heterocycles. The molecular weight excluding hydrogens is 271 g/mol. The molecule has 0 amide bonds. The molecule has 2 rings (SSSR count). The molecule has 20 heavy (non-hydrogen) atoms. The van der Waals surface area contributed by atoms with Gasteiger partial charge in [-0.1, -0.05) is 12.1 Å². The smallest absolute Gasteiger partial charge is 0.123 e. The Morgan fingerprint density at radius 3 is 2.55 bits per heavy atom. The molecule has 0 bridgehead atoms. The first-order valence-corrected chi connectivity index (χ1v) is 7.56. The highest BCUT2D eigenvalue weighted by molar-refractivity contribution is 7.12. The molecule has 4 heteroatoms. The minimum Gasteiger partial charge on any atom is -0.315 e. The highest BCUT2D eigenvalue weighted by atomic mass is 32.1. The monoisotopic (exact) mass is 292 g/mol. The van der Waals surface area contributed by atoms with Gasteiger partial charge in [0.25, 0.3) is 0 Å². The van der Waals surface area contributed by atoms with E-state index in [1.807, 2.05) is 30.5 Å². The zero-order valence-electron chi connectivity index (χ0n) is 12.2. The molecule has 1 heterocycles. The number of nitrogens with one attached hydrogen (secondary N) is 1. The fourth-order valence-electron chi connectivity index (χ4n) is 2.25. The minimum absolute atomic E-state index is 0.179. The molecule has 2 nitrogen and oxygen atoms in total. The molecule has 0 saturated carbocycles. The molecule has 108 valence electrons. The number of aryl methyl sites for hydroxylation is 1. The topological polar surface area (TPSA) is 15.3 Å². The number of rotatable bonds is 6. The Morgan fingerprint density at radius 1 is 1.20 bits per heavy atom. The fourth-order valence-corrected chi connectivity index (χ4v) is 3.32. The summed E-state index contributed by atoms with van der Waals surface area (Å²) < 4.78 is 12.9. The van der Waals surface area contributed by atoms with Crippen molar-refractivity contribution in [3.05, 3.63) is 57.0 Å². The Hall–Kier alpha value is -1.23. The van der Waals surface area contributed by atoms with E-state index in [1.165, 1.54) is 27.5 Å². The minimum atomic E-state index is -0.179. The van der Waals surface area contributed by atoms with Crippen molar-refractivity contribution in [1.82, 2.24) is 10.2 Å². The number of benzene rings is 1. The Morgan fingerprint density at radius 2 is 1.90 bits per heavy atom. The van der Waals surface area contributed by atoms with Crippen molar-refractivity contribution in [2.45, 2.75) is 26.6 Å². The Balaban J connectivity index is 1.97. The molecule has 0 aliphatic carbocycles. The van der Waals surface area contributed by atoms with Gasteiger partial charge in [-0.15, -0.1) is 11.3 Å². The summed E-state index contributed by atoms with van der Waals surface area (Å²) in [6.07, 6.45) is 0. The van der Waals surface area contributed by atoms with Gasteiger partial charge in [0.2, 0.25) is 0 Å². The standard InChI is InChI=1S/C16H21FN2S/c1-12-14(8-16(20-12)9-18-2)11-19(3)10-13-4-6-15(17)7-5-13/h4-8,18H,9-11H2,1-3H3. The van der Waals surface area contributed by atoms with Crippen LogP contribution in [0.4, 0.5) is 4.39 Å². The third-order valence-corrected chi connectivity index (χ3v) is 4.32. The lowest BCUT2D eigenvalue weighted by Crippen LogP contribution is -2.17. The van der Waals surface area contributed by atoms with Gasteiger partial charge in [-0.05, 0) is 50.3 Å². The van der Waals surface area contributed by atoms with E-state index in [-0.39, 0.29) is 5.82 Å². The number of hydrogen-bond acceptors (Lipinski definition) is 3. The molecule has 0 saturated heterocycles. The quantitative estimate of drug-likeness (QED) is 0.876. The zero-order valence-corrected chi connectivity index (χ0v) is 13.1. The first-order chi connectivity index (χ1) is 9.58. The second-order valence-electron chi connectivity index (χ2n) is 5.12. The van der Waals surface area contributed by atoms with E-state index in [0.717, 1.165) is 25.2 Å². The first-order valence-electron chi connectivity index (χ1n) is 6.74. The maximum Gasteiger partial charge on any atom is 0.123 e. The summed E-state index contributed by atoms with van der Waals surface area (Å²) in [6, 6.07) is 9.00. The van der Waals surface area contributed by atoms with Gasteiger partial charge in [0, 0.05) is 29.4 Å². The second kappa shape index (κ2) is 6.97. The Labute approximate surface area is 124 Å². The lowest BCUT2D eigenvalue weighted by atomic mass is 10.2. The lowest BCUT2D eigenvalue weighted by Gasteiger charge is -2.16. The van der Waals surface area contributed by atoms with Crippen molar-refractivity contribution < 1.29 is 4.39 Å². The average molecular weight is 292 g/mol. The third-order valence-electron chi connectivity index (χ3n) is 3.23. The first kappa shape index (κ1) is 15.2. The summed E-state index contributed by atoms with van der Waals surface area (Å²) in [7, 11) is 4.06. The molecule has 0 aliphatic heterocycles. The van der Waals surface area contributed by atoms with Crippen molar-refractivity contribution in [2.75, 3.05) is 14.1 Å². The van der Waals surface area contributed by atoms with Crippen LogP contribution in [0.15, 0.2) is 30.3 Å². The van der Waals surface area contributed by atoms with Crippen molar-refractivity contribution >= 4 is 11.3 Å². The highest BCUT2D eigenvalue weighted by Crippen LogP contribution is 2.23. The van der Waals surface area contributed by atoms with Gasteiger partial charge in [-0.3, -0.25) is 4.90 Å². The highest BCUT2D eigenvalue weighted by Gasteiger charge is 2.08. The van der Waals surface area contributed by atoms with Crippen molar-refractivity contribution in [1.29, 1.82) is 0 Å². The number of nitrogens with zero attached hydrogens (tertiary/aromatic N) is 1. The summed E-state index contributed by atoms with van der Waals surface area (Å²) in [4.78, 5) is 5.00. The van der Waals surface area contributed by atoms with Crippen LogP contribution < -0.4 is 5.32 Å². The maximum absolute atomic E-state index is 12.9. The van der Waals surface area contributed by atoms with E-state index >= 15 is 0 Å². The molecule has 0 spiro atoms. The normalized spacial score (nSPS) is 11.2. The van der Waals surface area contributed by atoms with Gasteiger partial charge >= 0.3 is 0 Å². The zero-order chi connectivity index (χ0) is 14.5. The average Bonchev–Trinajstić information content (AvgIpc) is 2.73. The number of thiophene rings is 1. The van der Waals surface area contributed by atoms with Crippen molar-refractivity contribution in [2.24, 2.45) is 0 Å². The van der Waals surface area contributed by atoms with Gasteiger partial charge < -0.3 is 5.32 Å². The van der Waals surface area contributed by atoms with Crippen LogP contribution in [-0.2, 0) is 19.6 Å². The molecular formula is C16H21FN2S. The van der Waals surface area contributed by atoms with Crippen LogP contribution in [0.3, 0.4) is 0 Å². The Bertz CT molecular complexity index is 548. The van der Waals surface area contributed by atoms with E-state index in [1.54, 1.807) is 0 Å². The molecule has 0 fully saturated rings. The van der Waals surface area contributed by atoms with Crippen LogP contribution in [-0.4, -0.2) is 19.0 Å². The van der Waals surface area contributed by atoms with Gasteiger partial charge in [-0.25, -0.2) is 4.39 Å². The van der Waals surface area contributed by atoms with Crippen LogP contribution in [0.25, 0.3) is 0 Å². The van der Waals surface area contributed by atoms with E-state index in [0.29, 0.717) is 0 Å². The molecule has 2 aromatic rings. The molecule has 1 aromatic carbocycles. The molecule has 0 radical (unpaired) electrons.